The first kappa shape index (κ1) is 10.0. The molecule has 3 nitrogen and oxygen atoms in total. The van der Waals surface area contributed by atoms with Gasteiger partial charge in [0.2, 0.25) is 0 Å². The number of rotatable bonds is 2. The summed E-state index contributed by atoms with van der Waals surface area (Å²) in [6.07, 6.45) is 0.946. The van der Waals surface area contributed by atoms with E-state index in [1.165, 1.54) is 5.56 Å². The van der Waals surface area contributed by atoms with Crippen molar-refractivity contribution < 1.29 is 4.74 Å². The Hall–Kier alpha value is -1.51. The minimum atomic E-state index is -0.0822. The highest BCUT2D eigenvalue weighted by Gasteiger charge is 2.30. The van der Waals surface area contributed by atoms with E-state index in [0.29, 0.717) is 0 Å². The van der Waals surface area contributed by atoms with Crippen molar-refractivity contribution in [2.75, 3.05) is 12.1 Å². The van der Waals surface area contributed by atoms with Crippen LogP contribution in [0.1, 0.15) is 19.4 Å². The first-order chi connectivity index (χ1) is 7.02. The van der Waals surface area contributed by atoms with Gasteiger partial charge < -0.3 is 4.74 Å². The summed E-state index contributed by atoms with van der Waals surface area (Å²) in [4.78, 5) is 0. The van der Waals surface area contributed by atoms with Crippen LogP contribution in [0.2, 0.25) is 0 Å². The minimum Gasteiger partial charge on any atom is -0.487 e. The predicted molar refractivity (Wildman–Crippen MR) is 62.8 cm³/mol. The summed E-state index contributed by atoms with van der Waals surface area (Å²) in [5, 5.41) is 5.62. The van der Waals surface area contributed by atoms with Gasteiger partial charge in [-0.1, -0.05) is 0 Å². The molecular formula is C12H16N2O. The van der Waals surface area contributed by atoms with Crippen molar-refractivity contribution in [1.29, 1.82) is 0 Å². The summed E-state index contributed by atoms with van der Waals surface area (Å²) in [7, 11) is 1.88. The molecule has 0 spiro atoms. The maximum atomic E-state index is 5.80. The second kappa shape index (κ2) is 3.26. The Morgan fingerprint density at radius 3 is 2.87 bits per heavy atom. The first-order valence-electron chi connectivity index (χ1n) is 5.04. The zero-order valence-electron chi connectivity index (χ0n) is 9.45. The van der Waals surface area contributed by atoms with E-state index >= 15 is 0 Å². The van der Waals surface area contributed by atoms with Crippen LogP contribution in [0.5, 0.6) is 5.75 Å². The minimum absolute atomic E-state index is 0.0822. The number of fused-ring (bicyclic) bond motifs is 1. The van der Waals surface area contributed by atoms with Gasteiger partial charge in [-0.15, -0.1) is 0 Å². The molecule has 0 amide bonds. The third kappa shape index (κ3) is 1.82. The van der Waals surface area contributed by atoms with Crippen LogP contribution in [0.4, 0.5) is 5.69 Å². The van der Waals surface area contributed by atoms with Gasteiger partial charge in [-0.3, -0.25) is 5.01 Å². The van der Waals surface area contributed by atoms with Crippen LogP contribution in [-0.4, -0.2) is 19.4 Å². The third-order valence-corrected chi connectivity index (χ3v) is 2.63. The van der Waals surface area contributed by atoms with Gasteiger partial charge in [-0.05, 0) is 32.0 Å². The lowest BCUT2D eigenvalue weighted by Crippen LogP contribution is -2.24. The van der Waals surface area contributed by atoms with Gasteiger partial charge in [-0.2, -0.15) is 5.10 Å². The van der Waals surface area contributed by atoms with E-state index < -0.39 is 0 Å². The maximum Gasteiger partial charge on any atom is 0.123 e. The SMILES string of the molecule is C=NN(C)c1ccc2c(c1)CC(C)(C)O2. The molecule has 0 radical (unpaired) electrons. The lowest BCUT2D eigenvalue weighted by atomic mass is 10.0. The van der Waals surface area contributed by atoms with Gasteiger partial charge in [0.15, 0.2) is 0 Å². The van der Waals surface area contributed by atoms with E-state index in [0.717, 1.165) is 17.9 Å². The fourth-order valence-electron chi connectivity index (χ4n) is 1.88. The van der Waals surface area contributed by atoms with Gasteiger partial charge in [-0.25, -0.2) is 0 Å². The summed E-state index contributed by atoms with van der Waals surface area (Å²) in [5.74, 6) is 0.987. The Labute approximate surface area is 90.4 Å². The fraction of sp³-hybridized carbons (Fsp3) is 0.417. The number of nitrogens with zero attached hydrogens (tertiary/aromatic N) is 2. The van der Waals surface area contributed by atoms with E-state index in [9.17, 15) is 0 Å². The number of hydrogen-bond donors (Lipinski definition) is 0. The Kier molecular flexibility index (Phi) is 2.18. The Bertz CT molecular complexity index is 399. The smallest absolute Gasteiger partial charge is 0.123 e. The first-order valence-corrected chi connectivity index (χ1v) is 5.04. The predicted octanol–water partition coefficient (Wildman–Crippen LogP) is 2.45. The molecule has 0 atom stereocenters. The fourth-order valence-corrected chi connectivity index (χ4v) is 1.88. The molecule has 0 N–H and O–H groups in total. The van der Waals surface area contributed by atoms with Crippen LogP contribution in [0, 0.1) is 0 Å². The molecule has 1 aromatic rings. The van der Waals surface area contributed by atoms with Crippen LogP contribution >= 0.6 is 0 Å². The Morgan fingerprint density at radius 2 is 2.20 bits per heavy atom. The molecule has 1 aromatic carbocycles. The van der Waals surface area contributed by atoms with E-state index in [1.807, 2.05) is 19.2 Å². The maximum absolute atomic E-state index is 5.80. The monoisotopic (exact) mass is 204 g/mol. The molecule has 0 bridgehead atoms. The van der Waals surface area contributed by atoms with E-state index in [4.69, 9.17) is 4.74 Å². The second-order valence-corrected chi connectivity index (χ2v) is 4.50. The quantitative estimate of drug-likeness (QED) is 0.546. The van der Waals surface area contributed by atoms with Crippen molar-refractivity contribution in [2.24, 2.45) is 5.10 Å². The van der Waals surface area contributed by atoms with Crippen LogP contribution < -0.4 is 9.75 Å². The van der Waals surface area contributed by atoms with Crippen molar-refractivity contribution in [3.05, 3.63) is 23.8 Å². The average Bonchev–Trinajstić information content (AvgIpc) is 2.49. The summed E-state index contributed by atoms with van der Waals surface area (Å²) in [6.45, 7) is 7.70. The molecule has 0 saturated carbocycles. The van der Waals surface area contributed by atoms with Gasteiger partial charge >= 0.3 is 0 Å². The summed E-state index contributed by atoms with van der Waals surface area (Å²) >= 11 is 0. The number of hydrogen-bond acceptors (Lipinski definition) is 3. The van der Waals surface area contributed by atoms with Gasteiger partial charge in [0.05, 0.1) is 5.69 Å². The molecule has 3 heteroatoms. The lowest BCUT2D eigenvalue weighted by molar-refractivity contribution is 0.138. The van der Waals surface area contributed by atoms with Crippen LogP contribution in [-0.2, 0) is 6.42 Å². The molecule has 0 aromatic heterocycles. The number of ether oxygens (including phenoxy) is 1. The molecule has 2 rings (SSSR count). The van der Waals surface area contributed by atoms with Gasteiger partial charge in [0.25, 0.3) is 0 Å². The van der Waals surface area contributed by atoms with Crippen molar-refractivity contribution >= 4 is 12.4 Å². The van der Waals surface area contributed by atoms with Crippen LogP contribution in [0.15, 0.2) is 23.3 Å². The highest BCUT2D eigenvalue weighted by molar-refractivity contribution is 5.55. The molecule has 0 unspecified atom stereocenters. The topological polar surface area (TPSA) is 24.8 Å². The van der Waals surface area contributed by atoms with Crippen molar-refractivity contribution in [3.8, 4) is 5.75 Å². The lowest BCUT2D eigenvalue weighted by Gasteiger charge is -2.16. The second-order valence-electron chi connectivity index (χ2n) is 4.50. The van der Waals surface area contributed by atoms with Crippen molar-refractivity contribution in [1.82, 2.24) is 0 Å². The standard InChI is InChI=1S/C12H16N2O/c1-12(2)8-9-7-10(14(4)13-3)5-6-11(9)15-12/h5-7H,3,8H2,1-2,4H3. The molecule has 1 aliphatic rings. The molecule has 0 aliphatic carbocycles. The number of benzene rings is 1. The molecule has 1 heterocycles. The average molecular weight is 204 g/mol. The van der Waals surface area contributed by atoms with E-state index in [2.05, 4.69) is 31.7 Å². The molecule has 80 valence electrons. The Balaban J connectivity index is 2.34. The zero-order valence-corrected chi connectivity index (χ0v) is 9.45. The van der Waals surface area contributed by atoms with Crippen LogP contribution in [0.3, 0.4) is 0 Å². The Morgan fingerprint density at radius 1 is 1.47 bits per heavy atom. The third-order valence-electron chi connectivity index (χ3n) is 2.63. The molecular weight excluding hydrogens is 188 g/mol. The molecule has 1 aliphatic heterocycles. The van der Waals surface area contributed by atoms with E-state index in [-0.39, 0.29) is 5.60 Å². The molecule has 0 saturated heterocycles. The van der Waals surface area contributed by atoms with Gasteiger partial charge in [0, 0.05) is 25.7 Å². The highest BCUT2D eigenvalue weighted by atomic mass is 16.5. The van der Waals surface area contributed by atoms with Crippen molar-refractivity contribution in [3.63, 3.8) is 0 Å². The van der Waals surface area contributed by atoms with E-state index in [1.54, 1.807) is 5.01 Å². The van der Waals surface area contributed by atoms with Crippen LogP contribution in [0.25, 0.3) is 0 Å². The summed E-state index contributed by atoms with van der Waals surface area (Å²) < 4.78 is 5.80. The summed E-state index contributed by atoms with van der Waals surface area (Å²) in [5.41, 5.74) is 2.21. The number of anilines is 1. The summed E-state index contributed by atoms with van der Waals surface area (Å²) in [6, 6.07) is 6.11. The molecule has 15 heavy (non-hydrogen) atoms. The highest BCUT2D eigenvalue weighted by Crippen LogP contribution is 2.36. The number of hydrazone groups is 1. The van der Waals surface area contributed by atoms with Gasteiger partial charge in [0.1, 0.15) is 11.4 Å². The largest absolute Gasteiger partial charge is 0.487 e. The van der Waals surface area contributed by atoms with Crippen molar-refractivity contribution in [2.45, 2.75) is 25.9 Å². The molecule has 0 fully saturated rings. The zero-order chi connectivity index (χ0) is 11.1. The normalized spacial score (nSPS) is 16.7.